The fourth-order valence-corrected chi connectivity index (χ4v) is 3.57. The van der Waals surface area contributed by atoms with E-state index in [1.165, 1.54) is 11.1 Å². The van der Waals surface area contributed by atoms with Gasteiger partial charge in [0, 0.05) is 26.2 Å². The SMILES string of the molecule is CCOCC1CCCCN1C(=O)NCC(=O)N1Cc2ccccc2C1. The van der Waals surface area contributed by atoms with Gasteiger partial charge in [0.1, 0.15) is 0 Å². The number of nitrogens with zero attached hydrogens (tertiary/aromatic N) is 2. The number of amides is 3. The van der Waals surface area contributed by atoms with Crippen molar-refractivity contribution in [1.29, 1.82) is 0 Å². The van der Waals surface area contributed by atoms with E-state index >= 15 is 0 Å². The summed E-state index contributed by atoms with van der Waals surface area (Å²) in [5, 5.41) is 2.80. The molecule has 2 aliphatic rings. The smallest absolute Gasteiger partial charge is 0.318 e. The Bertz CT molecular complexity index is 595. The zero-order valence-corrected chi connectivity index (χ0v) is 14.9. The van der Waals surface area contributed by atoms with Crippen LogP contribution in [0.15, 0.2) is 24.3 Å². The number of urea groups is 1. The van der Waals surface area contributed by atoms with Gasteiger partial charge < -0.3 is 19.9 Å². The molecule has 1 atom stereocenters. The first-order valence-electron chi connectivity index (χ1n) is 9.15. The van der Waals surface area contributed by atoms with Crippen LogP contribution in [0.5, 0.6) is 0 Å². The molecule has 3 rings (SSSR count). The third-order valence-electron chi connectivity index (χ3n) is 4.99. The van der Waals surface area contributed by atoms with Crippen LogP contribution < -0.4 is 5.32 Å². The van der Waals surface area contributed by atoms with Gasteiger partial charge >= 0.3 is 6.03 Å². The number of hydrogen-bond donors (Lipinski definition) is 1. The van der Waals surface area contributed by atoms with E-state index in [1.807, 2.05) is 36.1 Å². The van der Waals surface area contributed by atoms with Crippen molar-refractivity contribution in [2.75, 3.05) is 26.3 Å². The Hall–Kier alpha value is -2.08. The van der Waals surface area contributed by atoms with E-state index in [-0.39, 0.29) is 24.5 Å². The molecule has 0 bridgehead atoms. The van der Waals surface area contributed by atoms with Crippen molar-refractivity contribution in [3.05, 3.63) is 35.4 Å². The van der Waals surface area contributed by atoms with Gasteiger partial charge in [-0.1, -0.05) is 24.3 Å². The summed E-state index contributed by atoms with van der Waals surface area (Å²) in [5.74, 6) is -0.0390. The molecule has 2 heterocycles. The summed E-state index contributed by atoms with van der Waals surface area (Å²) in [6, 6.07) is 8.03. The van der Waals surface area contributed by atoms with Gasteiger partial charge in [-0.15, -0.1) is 0 Å². The lowest BCUT2D eigenvalue weighted by atomic mass is 10.0. The second-order valence-electron chi connectivity index (χ2n) is 6.68. The van der Waals surface area contributed by atoms with Crippen LogP contribution in [-0.4, -0.2) is 54.1 Å². The minimum absolute atomic E-state index is 0.0390. The summed E-state index contributed by atoms with van der Waals surface area (Å²) in [5.41, 5.74) is 2.38. The van der Waals surface area contributed by atoms with Gasteiger partial charge in [0.25, 0.3) is 0 Å². The molecule has 1 aromatic carbocycles. The highest BCUT2D eigenvalue weighted by atomic mass is 16.5. The van der Waals surface area contributed by atoms with Gasteiger partial charge in [0.15, 0.2) is 0 Å². The lowest BCUT2D eigenvalue weighted by molar-refractivity contribution is -0.130. The molecule has 6 nitrogen and oxygen atoms in total. The largest absolute Gasteiger partial charge is 0.380 e. The molecule has 0 aliphatic carbocycles. The maximum Gasteiger partial charge on any atom is 0.318 e. The van der Waals surface area contributed by atoms with Crippen molar-refractivity contribution in [2.45, 2.75) is 45.3 Å². The molecule has 0 spiro atoms. The zero-order valence-electron chi connectivity index (χ0n) is 14.9. The van der Waals surface area contributed by atoms with Gasteiger partial charge in [-0.05, 0) is 37.3 Å². The number of carbonyl (C=O) groups excluding carboxylic acids is 2. The second-order valence-corrected chi connectivity index (χ2v) is 6.68. The Kier molecular flexibility index (Phi) is 5.91. The average molecular weight is 345 g/mol. The van der Waals surface area contributed by atoms with E-state index in [1.54, 1.807) is 4.90 Å². The van der Waals surface area contributed by atoms with Crippen LogP contribution in [0.1, 0.15) is 37.3 Å². The van der Waals surface area contributed by atoms with E-state index in [4.69, 9.17) is 4.74 Å². The number of likely N-dealkylation sites (tertiary alicyclic amines) is 1. The maximum absolute atomic E-state index is 12.5. The number of rotatable bonds is 5. The van der Waals surface area contributed by atoms with Crippen LogP contribution in [0, 0.1) is 0 Å². The number of piperidine rings is 1. The van der Waals surface area contributed by atoms with Crippen molar-refractivity contribution in [3.63, 3.8) is 0 Å². The molecule has 3 amide bonds. The topological polar surface area (TPSA) is 61.9 Å². The van der Waals surface area contributed by atoms with Crippen molar-refractivity contribution in [3.8, 4) is 0 Å². The number of fused-ring (bicyclic) bond motifs is 1. The summed E-state index contributed by atoms with van der Waals surface area (Å²) in [6.07, 6.45) is 3.08. The highest BCUT2D eigenvalue weighted by molar-refractivity contribution is 5.84. The van der Waals surface area contributed by atoms with Crippen molar-refractivity contribution >= 4 is 11.9 Å². The van der Waals surface area contributed by atoms with Gasteiger partial charge in [-0.25, -0.2) is 4.79 Å². The molecule has 1 unspecified atom stereocenters. The second kappa shape index (κ2) is 8.34. The predicted molar refractivity (Wildman–Crippen MR) is 94.9 cm³/mol. The summed E-state index contributed by atoms with van der Waals surface area (Å²) in [7, 11) is 0. The van der Waals surface area contributed by atoms with Crippen LogP contribution in [0.3, 0.4) is 0 Å². The van der Waals surface area contributed by atoms with Gasteiger partial charge in [-0.2, -0.15) is 0 Å². The zero-order chi connectivity index (χ0) is 17.6. The summed E-state index contributed by atoms with van der Waals surface area (Å²) in [6.45, 7) is 5.21. The van der Waals surface area contributed by atoms with Crippen molar-refractivity contribution in [1.82, 2.24) is 15.1 Å². The molecule has 25 heavy (non-hydrogen) atoms. The highest BCUT2D eigenvalue weighted by Gasteiger charge is 2.28. The number of carbonyl (C=O) groups is 2. The standard InChI is InChI=1S/C19H27N3O3/c1-2-25-14-17-9-5-6-10-22(17)19(24)20-11-18(23)21-12-15-7-3-4-8-16(15)13-21/h3-4,7-8,17H,2,5-6,9-14H2,1H3,(H,20,24). The fraction of sp³-hybridized carbons (Fsp3) is 0.579. The molecular formula is C19H27N3O3. The molecule has 1 aromatic rings. The van der Waals surface area contributed by atoms with E-state index in [0.29, 0.717) is 26.3 Å². The Morgan fingerprint density at radius 3 is 2.60 bits per heavy atom. The summed E-state index contributed by atoms with van der Waals surface area (Å²) in [4.78, 5) is 28.5. The molecular weight excluding hydrogens is 318 g/mol. The molecule has 6 heteroatoms. The molecule has 0 saturated carbocycles. The number of ether oxygens (including phenoxy) is 1. The summed E-state index contributed by atoms with van der Waals surface area (Å²) >= 11 is 0. The van der Waals surface area contributed by atoms with Crippen LogP contribution in [0.4, 0.5) is 4.79 Å². The monoisotopic (exact) mass is 345 g/mol. The first-order chi connectivity index (χ1) is 12.2. The van der Waals surface area contributed by atoms with E-state index in [2.05, 4.69) is 5.32 Å². The molecule has 136 valence electrons. The first kappa shape index (κ1) is 17.7. The van der Waals surface area contributed by atoms with Crippen molar-refractivity contribution in [2.24, 2.45) is 0 Å². The Balaban J connectivity index is 1.49. The molecule has 0 aromatic heterocycles. The lowest BCUT2D eigenvalue weighted by Gasteiger charge is -2.35. The number of nitrogens with one attached hydrogen (secondary N) is 1. The third-order valence-corrected chi connectivity index (χ3v) is 4.99. The van der Waals surface area contributed by atoms with Crippen LogP contribution in [0.2, 0.25) is 0 Å². The lowest BCUT2D eigenvalue weighted by Crippen LogP contribution is -2.52. The van der Waals surface area contributed by atoms with Crippen LogP contribution in [-0.2, 0) is 22.6 Å². The van der Waals surface area contributed by atoms with Gasteiger partial charge in [0.05, 0.1) is 19.2 Å². The van der Waals surface area contributed by atoms with Gasteiger partial charge in [0.2, 0.25) is 5.91 Å². The Morgan fingerprint density at radius 1 is 1.20 bits per heavy atom. The molecule has 1 fully saturated rings. The van der Waals surface area contributed by atoms with E-state index in [0.717, 1.165) is 25.8 Å². The van der Waals surface area contributed by atoms with E-state index in [9.17, 15) is 9.59 Å². The number of benzene rings is 1. The molecule has 2 aliphatic heterocycles. The van der Waals surface area contributed by atoms with Crippen molar-refractivity contribution < 1.29 is 14.3 Å². The van der Waals surface area contributed by atoms with E-state index < -0.39 is 0 Å². The quantitative estimate of drug-likeness (QED) is 0.889. The number of hydrogen-bond acceptors (Lipinski definition) is 3. The van der Waals surface area contributed by atoms with Crippen LogP contribution >= 0.6 is 0 Å². The average Bonchev–Trinajstić information content (AvgIpc) is 3.08. The Labute approximate surface area is 149 Å². The molecule has 1 N–H and O–H groups in total. The normalized spacial score (nSPS) is 19.6. The highest BCUT2D eigenvalue weighted by Crippen LogP contribution is 2.22. The van der Waals surface area contributed by atoms with Crippen LogP contribution in [0.25, 0.3) is 0 Å². The molecule has 0 radical (unpaired) electrons. The van der Waals surface area contributed by atoms with Gasteiger partial charge in [-0.3, -0.25) is 4.79 Å². The first-order valence-corrected chi connectivity index (χ1v) is 9.15. The predicted octanol–water partition coefficient (Wildman–Crippen LogP) is 2.13. The maximum atomic E-state index is 12.5. The minimum Gasteiger partial charge on any atom is -0.380 e. The third kappa shape index (κ3) is 4.31. The minimum atomic E-state index is -0.158. The summed E-state index contributed by atoms with van der Waals surface area (Å²) < 4.78 is 5.50. The Morgan fingerprint density at radius 2 is 1.92 bits per heavy atom. The fourth-order valence-electron chi connectivity index (χ4n) is 3.57. The molecule has 1 saturated heterocycles.